The first-order valence-corrected chi connectivity index (χ1v) is 15.6. The molecule has 5 rings (SSSR count). The summed E-state index contributed by atoms with van der Waals surface area (Å²) in [4.78, 5) is 30.8. The highest BCUT2D eigenvalue weighted by molar-refractivity contribution is 7.21. The summed E-state index contributed by atoms with van der Waals surface area (Å²) in [6, 6.07) is 21.8. The zero-order valence-electron chi connectivity index (χ0n) is 24.3. The van der Waals surface area contributed by atoms with Crippen molar-refractivity contribution in [3.63, 3.8) is 0 Å². The number of hydrogen-bond donors (Lipinski definition) is 0. The molecule has 9 heteroatoms. The number of hydrogen-bond acceptors (Lipinski definition) is 5. The summed E-state index contributed by atoms with van der Waals surface area (Å²) in [6.07, 6.45) is 3.51. The van der Waals surface area contributed by atoms with Gasteiger partial charge in [0.25, 0.3) is 11.8 Å². The molecule has 0 radical (unpaired) electrons. The Hall–Kier alpha value is -3.10. The first-order valence-electron chi connectivity index (χ1n) is 14.0. The summed E-state index contributed by atoms with van der Waals surface area (Å²) in [5, 5.41) is 1.41. The van der Waals surface area contributed by atoms with E-state index in [9.17, 15) is 9.59 Å². The number of ether oxygens (including phenoxy) is 1. The third kappa shape index (κ3) is 6.30. The number of amides is 2. The predicted octanol–water partition coefficient (Wildman–Crippen LogP) is 7.97. The normalized spacial score (nSPS) is 16.9. The van der Waals surface area contributed by atoms with Crippen LogP contribution in [0, 0.1) is 0 Å². The van der Waals surface area contributed by atoms with Crippen LogP contribution in [-0.2, 0) is 6.54 Å². The summed E-state index contributed by atoms with van der Waals surface area (Å²) < 4.78 is 8.52. The molecular weight excluding hydrogens is 589 g/mol. The van der Waals surface area contributed by atoms with Gasteiger partial charge in [-0.1, -0.05) is 48.0 Å². The number of rotatable bonds is 8. The molecule has 1 saturated carbocycles. The Kier molecular flexibility index (Phi) is 9.43. The lowest BCUT2D eigenvalue weighted by molar-refractivity contribution is 0.0589. The van der Waals surface area contributed by atoms with E-state index < -0.39 is 0 Å². The highest BCUT2D eigenvalue weighted by Crippen LogP contribution is 2.38. The van der Waals surface area contributed by atoms with Crippen molar-refractivity contribution < 1.29 is 14.3 Å². The highest BCUT2D eigenvalue weighted by atomic mass is 35.5. The van der Waals surface area contributed by atoms with E-state index in [-0.39, 0.29) is 23.9 Å². The number of carbonyl (C=O) groups is 2. The fourth-order valence-electron chi connectivity index (χ4n) is 5.70. The Morgan fingerprint density at radius 3 is 2.14 bits per heavy atom. The van der Waals surface area contributed by atoms with Gasteiger partial charge in [0.1, 0.15) is 10.6 Å². The molecule has 1 fully saturated rings. The van der Waals surface area contributed by atoms with Crippen LogP contribution in [-0.4, -0.2) is 66.4 Å². The van der Waals surface area contributed by atoms with Crippen molar-refractivity contribution in [3.8, 4) is 16.9 Å². The van der Waals surface area contributed by atoms with Crippen molar-refractivity contribution in [2.24, 2.45) is 0 Å². The summed E-state index contributed by atoms with van der Waals surface area (Å²) in [5.41, 5.74) is 3.50. The Morgan fingerprint density at radius 2 is 1.52 bits per heavy atom. The third-order valence-electron chi connectivity index (χ3n) is 8.09. The van der Waals surface area contributed by atoms with E-state index in [4.69, 9.17) is 28.1 Å². The number of carbonyl (C=O) groups excluding carboxylic acids is 2. The minimum absolute atomic E-state index is 0.0383. The van der Waals surface area contributed by atoms with E-state index in [0.717, 1.165) is 52.5 Å². The molecule has 42 heavy (non-hydrogen) atoms. The van der Waals surface area contributed by atoms with Crippen molar-refractivity contribution in [1.29, 1.82) is 0 Å². The molecule has 0 N–H and O–H groups in total. The largest absolute Gasteiger partial charge is 0.496 e. The van der Waals surface area contributed by atoms with Crippen molar-refractivity contribution in [2.75, 3.05) is 28.3 Å². The molecule has 3 aromatic carbocycles. The standard InChI is InChI=1S/C33H35Cl2N3O3S/c1-36(2)32(39)22-11-9-21(10-12-22)23-13-18-28(41-4)24(19-23)20-38(26-16-14-25(15-17-26)37(3)35)33(40)31-30(34)27-7-5-6-8-29(27)42-31/h5-13,18-19,25-26H,14-17,20H2,1-4H3/t25-,26-. The van der Waals surface area contributed by atoms with Crippen LogP contribution in [0.3, 0.4) is 0 Å². The first kappa shape index (κ1) is 30.4. The second kappa shape index (κ2) is 13.0. The summed E-state index contributed by atoms with van der Waals surface area (Å²) in [7, 11) is 7.03. The maximum absolute atomic E-state index is 14.3. The van der Waals surface area contributed by atoms with E-state index in [1.165, 1.54) is 11.3 Å². The van der Waals surface area contributed by atoms with Crippen LogP contribution in [0.5, 0.6) is 5.75 Å². The molecule has 0 spiro atoms. The Morgan fingerprint density at radius 1 is 0.881 bits per heavy atom. The molecule has 1 aliphatic rings. The van der Waals surface area contributed by atoms with Crippen LogP contribution in [0.4, 0.5) is 0 Å². The van der Waals surface area contributed by atoms with Crippen LogP contribution >= 0.6 is 34.7 Å². The van der Waals surface area contributed by atoms with Crippen molar-refractivity contribution in [3.05, 3.63) is 87.8 Å². The van der Waals surface area contributed by atoms with Crippen LogP contribution in [0.2, 0.25) is 5.02 Å². The number of halogens is 2. The van der Waals surface area contributed by atoms with E-state index >= 15 is 0 Å². The number of methoxy groups -OCH3 is 1. The van der Waals surface area contributed by atoms with Crippen molar-refractivity contribution >= 4 is 56.6 Å². The number of thiophene rings is 1. The number of fused-ring (bicyclic) bond motifs is 1. The van der Waals surface area contributed by atoms with E-state index in [0.29, 0.717) is 27.8 Å². The molecule has 4 aromatic rings. The Bertz CT molecular complexity index is 1580. The molecular formula is C33H35Cl2N3O3S. The lowest BCUT2D eigenvalue weighted by Gasteiger charge is -2.38. The first-order chi connectivity index (χ1) is 20.2. The molecule has 0 unspecified atom stereocenters. The van der Waals surface area contributed by atoms with Gasteiger partial charge < -0.3 is 14.5 Å². The third-order valence-corrected chi connectivity index (χ3v) is 10.0. The quantitative estimate of drug-likeness (QED) is 0.187. The molecule has 2 amide bonds. The molecule has 0 bridgehead atoms. The van der Waals surface area contributed by atoms with Crippen molar-refractivity contribution in [1.82, 2.24) is 14.2 Å². The van der Waals surface area contributed by atoms with Gasteiger partial charge in [-0.3, -0.25) is 9.59 Å². The van der Waals surface area contributed by atoms with Crippen LogP contribution in [0.15, 0.2) is 66.7 Å². The minimum Gasteiger partial charge on any atom is -0.496 e. The van der Waals surface area contributed by atoms with Gasteiger partial charge in [-0.2, -0.15) is 0 Å². The summed E-state index contributed by atoms with van der Waals surface area (Å²) in [5.74, 6) is 0.608. The average molecular weight is 625 g/mol. The topological polar surface area (TPSA) is 53.1 Å². The average Bonchev–Trinajstić information content (AvgIpc) is 3.35. The van der Waals surface area contributed by atoms with Crippen LogP contribution in [0.1, 0.15) is 51.3 Å². The van der Waals surface area contributed by atoms with Gasteiger partial charge >= 0.3 is 0 Å². The van der Waals surface area contributed by atoms with Gasteiger partial charge in [-0.15, -0.1) is 11.3 Å². The number of nitrogens with zero attached hydrogens (tertiary/aromatic N) is 3. The Labute approximate surface area is 261 Å². The van der Waals surface area contributed by atoms with Gasteiger partial charge in [0, 0.05) is 61.0 Å². The molecule has 1 heterocycles. The second-order valence-corrected chi connectivity index (χ2v) is 12.9. The highest BCUT2D eigenvalue weighted by Gasteiger charge is 2.33. The second-order valence-electron chi connectivity index (χ2n) is 11.0. The lowest BCUT2D eigenvalue weighted by atomic mass is 9.89. The fraction of sp³-hybridized carbons (Fsp3) is 0.333. The molecule has 1 aliphatic carbocycles. The van der Waals surface area contributed by atoms with Crippen LogP contribution in [0.25, 0.3) is 21.2 Å². The van der Waals surface area contributed by atoms with E-state index in [1.54, 1.807) is 30.5 Å². The monoisotopic (exact) mass is 623 g/mol. The molecule has 1 aromatic heterocycles. The number of benzene rings is 3. The van der Waals surface area contributed by atoms with Gasteiger partial charge in [0.05, 0.1) is 12.1 Å². The van der Waals surface area contributed by atoms with E-state index in [2.05, 4.69) is 6.07 Å². The van der Waals surface area contributed by atoms with Gasteiger partial charge in [-0.05, 0) is 78.9 Å². The predicted molar refractivity (Wildman–Crippen MR) is 173 cm³/mol. The smallest absolute Gasteiger partial charge is 0.266 e. The fourth-order valence-corrected chi connectivity index (χ4v) is 7.37. The summed E-state index contributed by atoms with van der Waals surface area (Å²) >= 11 is 14.5. The molecule has 0 atom stereocenters. The molecule has 6 nitrogen and oxygen atoms in total. The zero-order valence-corrected chi connectivity index (χ0v) is 26.6. The van der Waals surface area contributed by atoms with Gasteiger partial charge in [0.2, 0.25) is 0 Å². The SMILES string of the molecule is COc1ccc(-c2ccc(C(=O)N(C)C)cc2)cc1CN(C(=O)c1sc2ccccc2c1Cl)[C@H]1CC[C@H](N(C)Cl)CC1. The minimum atomic E-state index is -0.0668. The summed E-state index contributed by atoms with van der Waals surface area (Å²) in [6.45, 7) is 0.379. The molecule has 0 aliphatic heterocycles. The molecule has 0 saturated heterocycles. The van der Waals surface area contributed by atoms with Crippen LogP contribution < -0.4 is 4.74 Å². The van der Waals surface area contributed by atoms with E-state index in [1.807, 2.05) is 72.6 Å². The van der Waals surface area contributed by atoms with Crippen molar-refractivity contribution in [2.45, 2.75) is 44.3 Å². The zero-order chi connectivity index (χ0) is 30.0. The lowest BCUT2D eigenvalue weighted by Crippen LogP contribution is -2.44. The molecule has 220 valence electrons. The van der Waals surface area contributed by atoms with Gasteiger partial charge in [0.15, 0.2) is 0 Å². The maximum atomic E-state index is 14.3. The Balaban J connectivity index is 1.49. The maximum Gasteiger partial charge on any atom is 0.266 e. The van der Waals surface area contributed by atoms with Gasteiger partial charge in [-0.25, -0.2) is 4.42 Å².